The van der Waals surface area contributed by atoms with E-state index in [-0.39, 0.29) is 30.6 Å². The first kappa shape index (κ1) is 36.6. The molecule has 0 unspecified atom stereocenters. The van der Waals surface area contributed by atoms with Gasteiger partial charge in [-0.25, -0.2) is 0 Å². The van der Waals surface area contributed by atoms with E-state index in [1.54, 1.807) is 26.2 Å². The number of anilines is 2. The number of para-hydroxylation sites is 4. The normalized spacial score (nSPS) is 20.9. The summed E-state index contributed by atoms with van der Waals surface area (Å²) >= 11 is 0. The van der Waals surface area contributed by atoms with Crippen LogP contribution in [0.25, 0.3) is 0 Å². The van der Waals surface area contributed by atoms with E-state index in [1.807, 2.05) is 64.1 Å². The summed E-state index contributed by atoms with van der Waals surface area (Å²) in [5.41, 5.74) is 4.34. The van der Waals surface area contributed by atoms with E-state index in [4.69, 9.17) is 18.9 Å². The molecule has 4 aromatic rings. The highest BCUT2D eigenvalue weighted by Gasteiger charge is 2.37. The third-order valence-corrected chi connectivity index (χ3v) is 10.0. The Morgan fingerprint density at radius 2 is 1.28 bits per heavy atom. The highest BCUT2D eigenvalue weighted by Crippen LogP contribution is 2.34. The zero-order valence-corrected chi connectivity index (χ0v) is 31.1. The van der Waals surface area contributed by atoms with Gasteiger partial charge in [-0.05, 0) is 52.0 Å². The summed E-state index contributed by atoms with van der Waals surface area (Å²) in [6, 6.07) is 13.0. The zero-order valence-electron chi connectivity index (χ0n) is 31.1. The second-order valence-corrected chi connectivity index (χ2v) is 14.7. The first-order valence-electron chi connectivity index (χ1n) is 17.8. The van der Waals surface area contributed by atoms with Crippen LogP contribution >= 0.6 is 0 Å². The Kier molecular flexibility index (Phi) is 9.66. The molecule has 4 aliphatic heterocycles. The molecule has 4 aliphatic rings. The molecule has 0 saturated heterocycles. The Bertz CT molecular complexity index is 2110. The molecule has 54 heavy (non-hydrogen) atoms. The van der Waals surface area contributed by atoms with Crippen LogP contribution in [0.5, 0.6) is 11.5 Å². The molecule has 0 saturated carbocycles. The SMILES string of the molecule is CN1C(=O)[C@@H](NC(=O)c2n[nH]c3c2CC(C)(C)OC3)COc2ccccc21.CN1C(=O)[C@@H](NC(=O)c2n[nH]c3c2CCOC3(C)C)COc2ccccc21. The second-order valence-electron chi connectivity index (χ2n) is 14.7. The van der Waals surface area contributed by atoms with Gasteiger partial charge in [-0.15, -0.1) is 0 Å². The molecule has 4 N–H and O–H groups in total. The standard InChI is InChI=1S/2C19H22N4O4/c1-19(2)8-11-12(10-27-19)21-22-16(11)17(24)20-13-9-26-15-7-5-4-6-14(15)23(3)18(13)25;1-19(2)16-11(8-9-27-19)15(21-22-16)17(24)20-12-10-26-14-7-5-4-6-13(14)23(3)18(12)25/h4-7,13H,8-10H2,1-3H3,(H,20,24)(H,21,22);4-7,12H,8-10H2,1-3H3,(H,20,24)(H,21,22)/t13-;12-/m00/s1. The predicted molar refractivity (Wildman–Crippen MR) is 196 cm³/mol. The number of fused-ring (bicyclic) bond motifs is 4. The maximum absolute atomic E-state index is 12.8. The summed E-state index contributed by atoms with van der Waals surface area (Å²) < 4.78 is 22.9. The third-order valence-electron chi connectivity index (χ3n) is 10.0. The van der Waals surface area contributed by atoms with Crippen molar-refractivity contribution in [3.8, 4) is 11.5 Å². The summed E-state index contributed by atoms with van der Waals surface area (Å²) in [6.45, 7) is 8.83. The van der Waals surface area contributed by atoms with Gasteiger partial charge in [0, 0.05) is 38.1 Å². The van der Waals surface area contributed by atoms with Crippen molar-refractivity contribution >= 4 is 35.0 Å². The van der Waals surface area contributed by atoms with Crippen LogP contribution in [0.15, 0.2) is 48.5 Å². The number of carbonyl (C=O) groups is 4. The Hall–Kier alpha value is -5.74. The number of rotatable bonds is 4. The van der Waals surface area contributed by atoms with Crippen molar-refractivity contribution in [2.75, 3.05) is 43.7 Å². The van der Waals surface area contributed by atoms with Gasteiger partial charge in [0.25, 0.3) is 23.6 Å². The van der Waals surface area contributed by atoms with E-state index >= 15 is 0 Å². The Balaban J connectivity index is 0.000000167. The number of amides is 4. The fourth-order valence-corrected chi connectivity index (χ4v) is 6.98. The monoisotopic (exact) mass is 740 g/mol. The van der Waals surface area contributed by atoms with Gasteiger partial charge in [0.15, 0.2) is 11.4 Å². The number of ether oxygens (including phenoxy) is 4. The minimum absolute atomic E-state index is 0.0626. The van der Waals surface area contributed by atoms with Gasteiger partial charge in [0.05, 0.1) is 41.6 Å². The van der Waals surface area contributed by atoms with Crippen molar-refractivity contribution in [1.29, 1.82) is 0 Å². The Morgan fingerprint density at radius 3 is 1.85 bits per heavy atom. The van der Waals surface area contributed by atoms with Gasteiger partial charge in [-0.1, -0.05) is 24.3 Å². The molecule has 0 radical (unpaired) electrons. The number of aromatic nitrogens is 4. The largest absolute Gasteiger partial charge is 0.489 e. The lowest BCUT2D eigenvalue weighted by atomic mass is 9.94. The number of benzene rings is 2. The first-order chi connectivity index (χ1) is 25.7. The summed E-state index contributed by atoms with van der Waals surface area (Å²) in [4.78, 5) is 54.3. The lowest BCUT2D eigenvalue weighted by molar-refractivity contribution is -0.121. The molecule has 0 bridgehead atoms. The molecule has 2 aromatic carbocycles. The van der Waals surface area contributed by atoms with Crippen molar-refractivity contribution in [2.45, 2.75) is 70.4 Å². The van der Waals surface area contributed by atoms with Crippen molar-refractivity contribution in [3.63, 3.8) is 0 Å². The van der Waals surface area contributed by atoms with E-state index in [1.165, 1.54) is 9.80 Å². The van der Waals surface area contributed by atoms with Crippen LogP contribution in [0.4, 0.5) is 11.4 Å². The first-order valence-corrected chi connectivity index (χ1v) is 17.8. The Morgan fingerprint density at radius 1 is 0.759 bits per heavy atom. The number of likely N-dealkylation sites (N-methyl/N-ethyl adjacent to an activating group) is 2. The highest BCUT2D eigenvalue weighted by molar-refractivity contribution is 6.04. The molecule has 0 fully saturated rings. The van der Waals surface area contributed by atoms with Crippen LogP contribution in [0, 0.1) is 0 Å². The van der Waals surface area contributed by atoms with Crippen molar-refractivity contribution < 1.29 is 38.1 Å². The Labute approximate surface area is 311 Å². The van der Waals surface area contributed by atoms with Gasteiger partial charge in [-0.3, -0.25) is 29.4 Å². The van der Waals surface area contributed by atoms with E-state index in [0.29, 0.717) is 60.3 Å². The van der Waals surface area contributed by atoms with Crippen LogP contribution in [0.3, 0.4) is 0 Å². The fourth-order valence-electron chi connectivity index (χ4n) is 6.98. The maximum atomic E-state index is 12.8. The second kappa shape index (κ2) is 14.2. The number of hydrogen-bond acceptors (Lipinski definition) is 10. The summed E-state index contributed by atoms with van der Waals surface area (Å²) in [6.07, 6.45) is 1.17. The summed E-state index contributed by atoms with van der Waals surface area (Å²) in [5.74, 6) is -0.0389. The molecule has 6 heterocycles. The van der Waals surface area contributed by atoms with E-state index < -0.39 is 29.5 Å². The number of hydrogen-bond donors (Lipinski definition) is 4. The summed E-state index contributed by atoms with van der Waals surface area (Å²) in [7, 11) is 3.34. The highest BCUT2D eigenvalue weighted by atomic mass is 16.5. The topological polar surface area (TPSA) is 193 Å². The van der Waals surface area contributed by atoms with Crippen LogP contribution in [-0.4, -0.2) is 95.6 Å². The molecule has 16 nitrogen and oxygen atoms in total. The molecule has 0 aliphatic carbocycles. The molecule has 2 atom stereocenters. The van der Waals surface area contributed by atoms with Gasteiger partial charge >= 0.3 is 0 Å². The van der Waals surface area contributed by atoms with Gasteiger partial charge < -0.3 is 39.4 Å². The number of aromatic amines is 2. The molecule has 16 heteroatoms. The van der Waals surface area contributed by atoms with Gasteiger partial charge in [0.1, 0.15) is 42.4 Å². The lowest BCUT2D eigenvalue weighted by Gasteiger charge is -2.30. The zero-order chi connectivity index (χ0) is 38.4. The van der Waals surface area contributed by atoms with E-state index in [2.05, 4.69) is 31.0 Å². The van der Waals surface area contributed by atoms with Crippen molar-refractivity contribution in [1.82, 2.24) is 31.0 Å². The molecular formula is C38H44N8O8. The average Bonchev–Trinajstić information content (AvgIpc) is 3.73. The third kappa shape index (κ3) is 7.01. The van der Waals surface area contributed by atoms with Gasteiger partial charge in [0.2, 0.25) is 0 Å². The van der Waals surface area contributed by atoms with Crippen molar-refractivity contribution in [3.05, 3.63) is 82.4 Å². The number of nitrogens with one attached hydrogen (secondary N) is 4. The van der Waals surface area contributed by atoms with Crippen LogP contribution < -0.4 is 29.9 Å². The van der Waals surface area contributed by atoms with E-state index in [0.717, 1.165) is 22.5 Å². The number of carbonyl (C=O) groups excluding carboxylic acids is 4. The minimum Gasteiger partial charge on any atom is -0.489 e. The number of H-pyrrole nitrogens is 2. The van der Waals surface area contributed by atoms with Crippen LogP contribution in [0.2, 0.25) is 0 Å². The molecule has 0 spiro atoms. The quantitative estimate of drug-likeness (QED) is 0.242. The van der Waals surface area contributed by atoms with Gasteiger partial charge in [-0.2, -0.15) is 10.2 Å². The summed E-state index contributed by atoms with van der Waals surface area (Å²) in [5, 5.41) is 19.7. The lowest BCUT2D eigenvalue weighted by Crippen LogP contribution is -2.49. The average molecular weight is 741 g/mol. The van der Waals surface area contributed by atoms with E-state index in [9.17, 15) is 19.2 Å². The van der Waals surface area contributed by atoms with Crippen molar-refractivity contribution in [2.24, 2.45) is 0 Å². The van der Waals surface area contributed by atoms with Crippen LogP contribution in [-0.2, 0) is 44.1 Å². The minimum atomic E-state index is -0.796. The molecule has 284 valence electrons. The maximum Gasteiger partial charge on any atom is 0.272 e. The van der Waals surface area contributed by atoms with Crippen LogP contribution in [0.1, 0.15) is 71.2 Å². The smallest absolute Gasteiger partial charge is 0.272 e. The molecule has 2 aromatic heterocycles. The molecule has 8 rings (SSSR count). The molecule has 4 amide bonds. The fraction of sp³-hybridized carbons (Fsp3) is 0.421. The number of nitrogens with zero attached hydrogens (tertiary/aromatic N) is 4. The predicted octanol–water partition coefficient (Wildman–Crippen LogP) is 2.79. The molecular weight excluding hydrogens is 696 g/mol.